The standard InChI is InChI=1S/C5H10O4.C3H10N2/c1-5(2,3)9-8-4(6)7;4-2-1-3-5/h1-3H3,(H,6,7);1-5H2. The largest absolute Gasteiger partial charge is 0.537 e. The summed E-state index contributed by atoms with van der Waals surface area (Å²) in [6, 6.07) is 0. The molecule has 0 saturated carbocycles. The normalized spacial score (nSPS) is 10.1. The molecule has 0 aliphatic heterocycles. The summed E-state index contributed by atoms with van der Waals surface area (Å²) >= 11 is 0. The average Bonchev–Trinajstić information content (AvgIpc) is 2.02. The van der Waals surface area contributed by atoms with E-state index in [2.05, 4.69) is 9.78 Å². The molecule has 0 bridgehead atoms. The van der Waals surface area contributed by atoms with Gasteiger partial charge in [-0.3, -0.25) is 4.89 Å². The number of nitrogens with two attached hydrogens (primary N) is 2. The maximum absolute atomic E-state index is 9.70. The summed E-state index contributed by atoms with van der Waals surface area (Å²) in [6.45, 7) is 6.51. The minimum atomic E-state index is -1.43. The Morgan fingerprint density at radius 2 is 1.71 bits per heavy atom. The SMILES string of the molecule is CC(C)(C)OOC(=O)O.NCCCN. The summed E-state index contributed by atoms with van der Waals surface area (Å²) in [5, 5.41) is 7.93. The topological polar surface area (TPSA) is 108 Å². The lowest BCUT2D eigenvalue weighted by atomic mass is 10.2. The molecule has 6 nitrogen and oxygen atoms in total. The van der Waals surface area contributed by atoms with E-state index in [1.165, 1.54) is 0 Å². The van der Waals surface area contributed by atoms with Crippen LogP contribution in [0.3, 0.4) is 0 Å². The van der Waals surface area contributed by atoms with E-state index in [0.717, 1.165) is 19.5 Å². The van der Waals surface area contributed by atoms with Crippen molar-refractivity contribution in [3.05, 3.63) is 0 Å². The predicted octanol–water partition coefficient (Wildman–Crippen LogP) is 0.705. The Balaban J connectivity index is 0. The molecule has 0 radical (unpaired) electrons. The van der Waals surface area contributed by atoms with Crippen molar-refractivity contribution < 1.29 is 19.7 Å². The van der Waals surface area contributed by atoms with Gasteiger partial charge in [-0.15, -0.1) is 0 Å². The zero-order valence-corrected chi connectivity index (χ0v) is 8.95. The minimum absolute atomic E-state index is 0.571. The van der Waals surface area contributed by atoms with Gasteiger partial charge in [0.2, 0.25) is 0 Å². The molecule has 0 saturated heterocycles. The van der Waals surface area contributed by atoms with E-state index >= 15 is 0 Å². The Kier molecular flexibility index (Phi) is 9.74. The minimum Gasteiger partial charge on any atom is -0.448 e. The van der Waals surface area contributed by atoms with Crippen LogP contribution in [-0.4, -0.2) is 30.0 Å². The van der Waals surface area contributed by atoms with Crippen LogP contribution >= 0.6 is 0 Å². The number of hydrogen-bond donors (Lipinski definition) is 3. The van der Waals surface area contributed by atoms with Crippen LogP contribution in [0.4, 0.5) is 4.79 Å². The molecule has 0 rings (SSSR count). The van der Waals surface area contributed by atoms with Gasteiger partial charge in [0, 0.05) is 0 Å². The van der Waals surface area contributed by atoms with Crippen LogP contribution in [0.2, 0.25) is 0 Å². The molecule has 0 aliphatic carbocycles. The van der Waals surface area contributed by atoms with Crippen molar-refractivity contribution >= 4 is 6.16 Å². The third kappa shape index (κ3) is 22.5. The maximum Gasteiger partial charge on any atom is 0.537 e. The molecule has 86 valence electrons. The van der Waals surface area contributed by atoms with Gasteiger partial charge in [0.05, 0.1) is 0 Å². The van der Waals surface area contributed by atoms with E-state index in [4.69, 9.17) is 16.6 Å². The summed E-state index contributed by atoms with van der Waals surface area (Å²) in [4.78, 5) is 17.9. The lowest BCUT2D eigenvalue weighted by Gasteiger charge is -2.14. The van der Waals surface area contributed by atoms with E-state index in [1.54, 1.807) is 20.8 Å². The van der Waals surface area contributed by atoms with E-state index in [0.29, 0.717) is 0 Å². The molecule has 0 spiro atoms. The quantitative estimate of drug-likeness (QED) is 0.465. The second-order valence-electron chi connectivity index (χ2n) is 3.48. The molecule has 14 heavy (non-hydrogen) atoms. The lowest BCUT2D eigenvalue weighted by Crippen LogP contribution is -2.21. The van der Waals surface area contributed by atoms with E-state index in [9.17, 15) is 4.79 Å². The predicted molar refractivity (Wildman–Crippen MR) is 52.7 cm³/mol. The first-order chi connectivity index (χ1) is 6.33. The highest BCUT2D eigenvalue weighted by Crippen LogP contribution is 2.06. The molecule has 0 heterocycles. The first kappa shape index (κ1) is 15.6. The summed E-state index contributed by atoms with van der Waals surface area (Å²) in [7, 11) is 0. The molecule has 0 fully saturated rings. The molecule has 0 aliphatic rings. The van der Waals surface area contributed by atoms with Crippen LogP contribution in [0, 0.1) is 0 Å². The molecule has 0 unspecified atom stereocenters. The summed E-state index contributed by atoms with van der Waals surface area (Å²) in [6.07, 6.45) is -0.482. The summed E-state index contributed by atoms with van der Waals surface area (Å²) < 4.78 is 0. The first-order valence-corrected chi connectivity index (χ1v) is 4.32. The first-order valence-electron chi connectivity index (χ1n) is 4.32. The van der Waals surface area contributed by atoms with Gasteiger partial charge in [-0.25, -0.2) is 4.79 Å². The zero-order valence-electron chi connectivity index (χ0n) is 8.95. The highest BCUT2D eigenvalue weighted by atomic mass is 17.2. The van der Waals surface area contributed by atoms with E-state index in [-0.39, 0.29) is 0 Å². The second-order valence-corrected chi connectivity index (χ2v) is 3.48. The fraction of sp³-hybridized carbons (Fsp3) is 0.875. The summed E-state index contributed by atoms with van der Waals surface area (Å²) in [5.74, 6) is 0. The molecule has 0 aromatic carbocycles. The van der Waals surface area contributed by atoms with Crippen molar-refractivity contribution in [3.63, 3.8) is 0 Å². The second kappa shape index (κ2) is 8.74. The lowest BCUT2D eigenvalue weighted by molar-refractivity contribution is -0.309. The Bertz CT molecular complexity index is 143. The average molecular weight is 208 g/mol. The van der Waals surface area contributed by atoms with Crippen molar-refractivity contribution in [1.82, 2.24) is 0 Å². The third-order valence-electron chi connectivity index (χ3n) is 0.771. The van der Waals surface area contributed by atoms with Gasteiger partial charge in [-0.1, -0.05) is 0 Å². The highest BCUT2D eigenvalue weighted by Gasteiger charge is 2.13. The molecule has 0 aromatic heterocycles. The van der Waals surface area contributed by atoms with Crippen molar-refractivity contribution in [1.29, 1.82) is 0 Å². The molecular formula is C8H20N2O4. The molecule has 6 heteroatoms. The fourth-order valence-corrected chi connectivity index (χ4v) is 0.278. The highest BCUT2D eigenvalue weighted by molar-refractivity contribution is 5.55. The fourth-order valence-electron chi connectivity index (χ4n) is 0.278. The van der Waals surface area contributed by atoms with Crippen LogP contribution in [0.25, 0.3) is 0 Å². The van der Waals surface area contributed by atoms with Crippen molar-refractivity contribution in [2.24, 2.45) is 11.5 Å². The van der Waals surface area contributed by atoms with Crippen molar-refractivity contribution in [2.75, 3.05) is 13.1 Å². The molecule has 0 aromatic rings. The van der Waals surface area contributed by atoms with Crippen LogP contribution < -0.4 is 11.5 Å². The summed E-state index contributed by atoms with van der Waals surface area (Å²) in [5.41, 5.74) is 9.55. The number of carboxylic acid groups (broad SMARTS) is 1. The number of rotatable bonds is 3. The van der Waals surface area contributed by atoms with Gasteiger partial charge >= 0.3 is 6.16 Å². The smallest absolute Gasteiger partial charge is 0.448 e. The van der Waals surface area contributed by atoms with Crippen molar-refractivity contribution in [2.45, 2.75) is 32.8 Å². The Morgan fingerprint density at radius 1 is 1.29 bits per heavy atom. The van der Waals surface area contributed by atoms with Gasteiger partial charge in [0.1, 0.15) is 5.60 Å². The zero-order chi connectivity index (χ0) is 11.6. The van der Waals surface area contributed by atoms with Crippen LogP contribution in [0.5, 0.6) is 0 Å². The molecule has 0 amide bonds. The van der Waals surface area contributed by atoms with Gasteiger partial charge in [0.15, 0.2) is 0 Å². The monoisotopic (exact) mass is 208 g/mol. The van der Waals surface area contributed by atoms with Gasteiger partial charge < -0.3 is 16.6 Å². The van der Waals surface area contributed by atoms with Gasteiger partial charge in [0.25, 0.3) is 0 Å². The van der Waals surface area contributed by atoms with Crippen LogP contribution in [0.15, 0.2) is 0 Å². The van der Waals surface area contributed by atoms with Crippen LogP contribution in [-0.2, 0) is 9.78 Å². The molecular weight excluding hydrogens is 188 g/mol. The maximum atomic E-state index is 9.70. The van der Waals surface area contributed by atoms with E-state index < -0.39 is 11.8 Å². The Hall–Kier alpha value is -0.850. The van der Waals surface area contributed by atoms with Crippen LogP contribution in [0.1, 0.15) is 27.2 Å². The van der Waals surface area contributed by atoms with E-state index in [1.807, 2.05) is 0 Å². The molecule has 0 atom stereocenters. The van der Waals surface area contributed by atoms with Crippen molar-refractivity contribution in [3.8, 4) is 0 Å². The van der Waals surface area contributed by atoms with Gasteiger partial charge in [-0.05, 0) is 40.3 Å². The van der Waals surface area contributed by atoms with Gasteiger partial charge in [-0.2, -0.15) is 4.89 Å². The Labute approximate surface area is 84.1 Å². The number of hydrogen-bond acceptors (Lipinski definition) is 5. The third-order valence-corrected chi connectivity index (χ3v) is 0.771. The Morgan fingerprint density at radius 3 is 1.79 bits per heavy atom. The number of carbonyl (C=O) groups is 1. The molecule has 5 N–H and O–H groups in total.